The van der Waals surface area contributed by atoms with Crippen LogP contribution in [0.5, 0.6) is 0 Å². The molecular weight excluding hydrogens is 272 g/mol. The fourth-order valence-corrected chi connectivity index (χ4v) is 3.29. The summed E-state index contributed by atoms with van der Waals surface area (Å²) in [4.78, 5) is 16.4. The Hall–Kier alpha value is -1.75. The van der Waals surface area contributed by atoms with Crippen molar-refractivity contribution in [1.29, 1.82) is 0 Å². The number of benzene rings is 1. The minimum atomic E-state index is -0.269. The van der Waals surface area contributed by atoms with E-state index in [4.69, 9.17) is 4.74 Å². The zero-order valence-corrected chi connectivity index (χ0v) is 12.7. The lowest BCUT2D eigenvalue weighted by Gasteiger charge is -2.27. The van der Waals surface area contributed by atoms with E-state index < -0.39 is 0 Å². The van der Waals surface area contributed by atoms with Gasteiger partial charge in [0.05, 0.1) is 17.4 Å². The zero-order valence-electron chi connectivity index (χ0n) is 11.8. The Labute approximate surface area is 123 Å². The van der Waals surface area contributed by atoms with E-state index in [2.05, 4.69) is 10.3 Å². The molecule has 0 aliphatic carbocycles. The van der Waals surface area contributed by atoms with E-state index in [-0.39, 0.29) is 11.2 Å². The third-order valence-corrected chi connectivity index (χ3v) is 4.24. The molecule has 1 aliphatic rings. The monoisotopic (exact) mass is 290 g/mol. The minimum absolute atomic E-state index is 0.0878. The minimum Gasteiger partial charge on any atom is -0.463 e. The van der Waals surface area contributed by atoms with E-state index in [9.17, 15) is 4.79 Å². The number of amidine groups is 1. The molecule has 0 amide bonds. The van der Waals surface area contributed by atoms with Crippen molar-refractivity contribution < 1.29 is 9.53 Å². The molecule has 0 fully saturated rings. The molecule has 1 aliphatic heterocycles. The molecule has 0 saturated heterocycles. The number of nitrogens with one attached hydrogen (secondary N) is 1. The van der Waals surface area contributed by atoms with Crippen molar-refractivity contribution in [3.8, 4) is 0 Å². The quantitative estimate of drug-likeness (QED) is 0.870. The molecule has 4 nitrogen and oxygen atoms in total. The average Bonchev–Trinajstić information content (AvgIpc) is 2.47. The SMILES string of the molecule is CCOC(=O)C1=C(C)NC(=NC)S[C@H]1c1ccccc1. The van der Waals surface area contributed by atoms with Crippen LogP contribution >= 0.6 is 11.8 Å². The van der Waals surface area contributed by atoms with Gasteiger partial charge in [-0.05, 0) is 19.4 Å². The molecule has 20 heavy (non-hydrogen) atoms. The fraction of sp³-hybridized carbons (Fsp3) is 0.333. The van der Waals surface area contributed by atoms with Crippen LogP contribution in [-0.4, -0.2) is 24.8 Å². The number of rotatable bonds is 3. The number of esters is 1. The van der Waals surface area contributed by atoms with Crippen molar-refractivity contribution in [1.82, 2.24) is 5.32 Å². The van der Waals surface area contributed by atoms with Gasteiger partial charge in [-0.15, -0.1) is 0 Å². The van der Waals surface area contributed by atoms with Gasteiger partial charge in [-0.3, -0.25) is 4.99 Å². The van der Waals surface area contributed by atoms with Crippen molar-refractivity contribution in [3.63, 3.8) is 0 Å². The van der Waals surface area contributed by atoms with Gasteiger partial charge in [-0.2, -0.15) is 0 Å². The highest BCUT2D eigenvalue weighted by molar-refractivity contribution is 8.14. The molecule has 5 heteroatoms. The number of hydrogen-bond acceptors (Lipinski definition) is 4. The van der Waals surface area contributed by atoms with Gasteiger partial charge in [0.2, 0.25) is 0 Å². The van der Waals surface area contributed by atoms with Gasteiger partial charge in [-0.1, -0.05) is 42.1 Å². The molecule has 0 bridgehead atoms. The summed E-state index contributed by atoms with van der Waals surface area (Å²) in [6.07, 6.45) is 0. The number of hydrogen-bond donors (Lipinski definition) is 1. The number of aliphatic imine (C=N–C) groups is 1. The van der Waals surface area contributed by atoms with Gasteiger partial charge in [0, 0.05) is 12.7 Å². The largest absolute Gasteiger partial charge is 0.463 e. The lowest BCUT2D eigenvalue weighted by atomic mass is 10.0. The molecule has 2 rings (SSSR count). The maximum absolute atomic E-state index is 12.2. The summed E-state index contributed by atoms with van der Waals surface area (Å²) in [7, 11) is 1.74. The van der Waals surface area contributed by atoms with Gasteiger partial charge in [0.25, 0.3) is 0 Å². The maximum Gasteiger partial charge on any atom is 0.337 e. The van der Waals surface area contributed by atoms with Crippen LogP contribution in [0.4, 0.5) is 0 Å². The molecule has 1 N–H and O–H groups in total. The van der Waals surface area contributed by atoms with Gasteiger partial charge < -0.3 is 10.1 Å². The van der Waals surface area contributed by atoms with Crippen molar-refractivity contribution >= 4 is 22.9 Å². The first-order valence-electron chi connectivity index (χ1n) is 6.50. The van der Waals surface area contributed by atoms with Gasteiger partial charge in [-0.25, -0.2) is 4.79 Å². The molecule has 0 saturated carbocycles. The van der Waals surface area contributed by atoms with E-state index >= 15 is 0 Å². The van der Waals surface area contributed by atoms with E-state index in [1.54, 1.807) is 7.05 Å². The van der Waals surface area contributed by atoms with Crippen LogP contribution in [0.25, 0.3) is 0 Å². The van der Waals surface area contributed by atoms with Crippen LogP contribution in [-0.2, 0) is 9.53 Å². The Morgan fingerprint density at radius 2 is 2.10 bits per heavy atom. The summed E-state index contributed by atoms with van der Waals surface area (Å²) < 4.78 is 5.18. The number of allylic oxidation sites excluding steroid dienone is 1. The zero-order chi connectivity index (χ0) is 14.5. The van der Waals surface area contributed by atoms with Crippen LogP contribution in [0.15, 0.2) is 46.6 Å². The summed E-state index contributed by atoms with van der Waals surface area (Å²) in [6, 6.07) is 9.94. The Bertz CT molecular complexity index is 552. The lowest BCUT2D eigenvalue weighted by molar-refractivity contribution is -0.138. The standard InChI is InChI=1S/C15H18N2O2S/c1-4-19-14(18)12-10(2)17-15(16-3)20-13(12)11-8-6-5-7-9-11/h5-9,13H,4H2,1-3H3,(H,16,17)/t13-/m0/s1. The number of ether oxygens (including phenoxy) is 1. The number of nitrogens with zero attached hydrogens (tertiary/aromatic N) is 1. The van der Waals surface area contributed by atoms with Crippen LogP contribution in [0, 0.1) is 0 Å². The third kappa shape index (κ3) is 3.04. The first-order chi connectivity index (χ1) is 9.67. The topological polar surface area (TPSA) is 50.7 Å². The van der Waals surface area contributed by atoms with Crippen LogP contribution < -0.4 is 5.32 Å². The summed E-state index contributed by atoms with van der Waals surface area (Å²) in [5.41, 5.74) is 2.54. The highest BCUT2D eigenvalue weighted by Gasteiger charge is 2.32. The third-order valence-electron chi connectivity index (χ3n) is 2.99. The Balaban J connectivity index is 2.44. The predicted octanol–water partition coefficient (Wildman–Crippen LogP) is 2.89. The molecular formula is C15H18N2O2S. The summed E-state index contributed by atoms with van der Waals surface area (Å²) in [6.45, 7) is 4.07. The number of carbonyl (C=O) groups is 1. The lowest BCUT2D eigenvalue weighted by Crippen LogP contribution is -2.30. The molecule has 106 valence electrons. The fourth-order valence-electron chi connectivity index (χ4n) is 2.06. The highest BCUT2D eigenvalue weighted by Crippen LogP contribution is 2.40. The maximum atomic E-state index is 12.2. The smallest absolute Gasteiger partial charge is 0.337 e. The molecule has 0 radical (unpaired) electrons. The van der Waals surface area contributed by atoms with Crippen LogP contribution in [0.3, 0.4) is 0 Å². The summed E-state index contributed by atoms with van der Waals surface area (Å²) >= 11 is 1.53. The van der Waals surface area contributed by atoms with Gasteiger partial charge in [0.15, 0.2) is 5.17 Å². The van der Waals surface area contributed by atoms with E-state index in [0.717, 1.165) is 16.4 Å². The summed E-state index contributed by atoms with van der Waals surface area (Å²) in [5.74, 6) is -0.269. The number of carbonyl (C=O) groups excluding carboxylic acids is 1. The van der Waals surface area contributed by atoms with Gasteiger partial charge in [0.1, 0.15) is 0 Å². The van der Waals surface area contributed by atoms with Crippen molar-refractivity contribution in [3.05, 3.63) is 47.2 Å². The first-order valence-corrected chi connectivity index (χ1v) is 7.38. The van der Waals surface area contributed by atoms with E-state index in [0.29, 0.717) is 12.2 Å². The molecule has 0 unspecified atom stereocenters. The average molecular weight is 290 g/mol. The normalized spacial score (nSPS) is 20.8. The second kappa shape index (κ2) is 6.61. The Morgan fingerprint density at radius 3 is 2.70 bits per heavy atom. The Kier molecular flexibility index (Phi) is 4.84. The van der Waals surface area contributed by atoms with E-state index in [1.807, 2.05) is 44.2 Å². The van der Waals surface area contributed by atoms with Crippen molar-refractivity contribution in [2.24, 2.45) is 4.99 Å². The molecule has 1 aromatic rings. The van der Waals surface area contributed by atoms with Crippen LogP contribution in [0.2, 0.25) is 0 Å². The highest BCUT2D eigenvalue weighted by atomic mass is 32.2. The Morgan fingerprint density at radius 1 is 1.40 bits per heavy atom. The molecule has 1 atom stereocenters. The number of thioether (sulfide) groups is 1. The second-order valence-electron chi connectivity index (χ2n) is 4.32. The molecule has 0 aromatic heterocycles. The second-order valence-corrected chi connectivity index (χ2v) is 5.42. The van der Waals surface area contributed by atoms with E-state index in [1.165, 1.54) is 11.8 Å². The summed E-state index contributed by atoms with van der Waals surface area (Å²) in [5, 5.41) is 3.87. The van der Waals surface area contributed by atoms with Gasteiger partial charge >= 0.3 is 5.97 Å². The molecule has 1 heterocycles. The predicted molar refractivity (Wildman–Crippen MR) is 82.6 cm³/mol. The molecule has 1 aromatic carbocycles. The molecule has 0 spiro atoms. The first kappa shape index (κ1) is 14.7. The van der Waals surface area contributed by atoms with Crippen molar-refractivity contribution in [2.75, 3.05) is 13.7 Å². The van der Waals surface area contributed by atoms with Crippen molar-refractivity contribution in [2.45, 2.75) is 19.1 Å². The van der Waals surface area contributed by atoms with Crippen LogP contribution in [0.1, 0.15) is 24.7 Å².